The Labute approximate surface area is 72.1 Å². The smallest absolute Gasteiger partial charge is 0.0465 e. The highest BCUT2D eigenvalue weighted by Crippen LogP contribution is 1.98. The summed E-state index contributed by atoms with van der Waals surface area (Å²) >= 11 is 0. The standard InChI is InChI=1S/C8H18O.C2H6/c1-3-5-6-7-8-9-4-2;1-2/h3-8H2,1-2H3;1-2H3. The van der Waals surface area contributed by atoms with E-state index in [9.17, 15) is 0 Å². The van der Waals surface area contributed by atoms with Crippen molar-refractivity contribution < 1.29 is 4.74 Å². The maximum atomic E-state index is 5.18. The highest BCUT2D eigenvalue weighted by Gasteiger charge is 1.85. The lowest BCUT2D eigenvalue weighted by Crippen LogP contribution is -1.92. The van der Waals surface area contributed by atoms with Gasteiger partial charge in [0.2, 0.25) is 0 Å². The fourth-order valence-electron chi connectivity index (χ4n) is 0.775. The first-order valence-corrected chi connectivity index (χ1v) is 4.99. The van der Waals surface area contributed by atoms with Crippen LogP contribution >= 0.6 is 0 Å². The molecule has 0 heterocycles. The Bertz CT molecular complexity index is 38.1. The number of ether oxygens (including phenoxy) is 1. The Morgan fingerprint density at radius 2 is 1.55 bits per heavy atom. The van der Waals surface area contributed by atoms with Crippen molar-refractivity contribution in [1.82, 2.24) is 0 Å². The molecule has 0 aliphatic rings. The number of rotatable bonds is 6. The largest absolute Gasteiger partial charge is 0.382 e. The summed E-state index contributed by atoms with van der Waals surface area (Å²) in [5.74, 6) is 0. The molecule has 70 valence electrons. The molecule has 0 spiro atoms. The molecule has 0 aromatic heterocycles. The van der Waals surface area contributed by atoms with Crippen molar-refractivity contribution in [2.45, 2.75) is 53.4 Å². The molecule has 0 N–H and O–H groups in total. The van der Waals surface area contributed by atoms with Crippen LogP contribution in [0.5, 0.6) is 0 Å². The van der Waals surface area contributed by atoms with Crippen LogP contribution < -0.4 is 0 Å². The zero-order valence-electron chi connectivity index (χ0n) is 8.65. The van der Waals surface area contributed by atoms with E-state index in [1.807, 2.05) is 20.8 Å². The van der Waals surface area contributed by atoms with Gasteiger partial charge in [0.1, 0.15) is 0 Å². The van der Waals surface area contributed by atoms with Crippen LogP contribution in [0.4, 0.5) is 0 Å². The Morgan fingerprint density at radius 3 is 2.00 bits per heavy atom. The van der Waals surface area contributed by atoms with E-state index >= 15 is 0 Å². The first-order valence-electron chi connectivity index (χ1n) is 4.99. The fourth-order valence-corrected chi connectivity index (χ4v) is 0.775. The minimum absolute atomic E-state index is 0.867. The normalized spacial score (nSPS) is 8.73. The summed E-state index contributed by atoms with van der Waals surface area (Å²) in [6.07, 6.45) is 5.23. The average molecular weight is 160 g/mol. The van der Waals surface area contributed by atoms with Gasteiger partial charge in [-0.3, -0.25) is 0 Å². The van der Waals surface area contributed by atoms with Gasteiger partial charge in [-0.1, -0.05) is 40.0 Å². The first-order chi connectivity index (χ1) is 5.41. The molecule has 11 heavy (non-hydrogen) atoms. The van der Waals surface area contributed by atoms with E-state index in [4.69, 9.17) is 4.74 Å². The van der Waals surface area contributed by atoms with Gasteiger partial charge in [-0.05, 0) is 13.3 Å². The minimum atomic E-state index is 0.867. The number of hydrogen-bond donors (Lipinski definition) is 0. The van der Waals surface area contributed by atoms with Crippen LogP contribution in [0, 0.1) is 0 Å². The van der Waals surface area contributed by atoms with Crippen molar-refractivity contribution >= 4 is 0 Å². The summed E-state index contributed by atoms with van der Waals surface area (Å²) in [5.41, 5.74) is 0. The van der Waals surface area contributed by atoms with Crippen molar-refractivity contribution in [2.24, 2.45) is 0 Å². The number of unbranched alkanes of at least 4 members (excludes halogenated alkanes) is 3. The summed E-state index contributed by atoms with van der Waals surface area (Å²) < 4.78 is 5.18. The predicted octanol–water partition coefficient (Wildman–Crippen LogP) is 3.63. The van der Waals surface area contributed by atoms with Crippen LogP contribution in [0.1, 0.15) is 53.4 Å². The Hall–Kier alpha value is -0.0400. The van der Waals surface area contributed by atoms with Crippen molar-refractivity contribution in [1.29, 1.82) is 0 Å². The van der Waals surface area contributed by atoms with Gasteiger partial charge >= 0.3 is 0 Å². The average Bonchev–Trinajstić information content (AvgIpc) is 2.08. The number of hydrogen-bond acceptors (Lipinski definition) is 1. The summed E-state index contributed by atoms with van der Waals surface area (Å²) in [5, 5.41) is 0. The maximum Gasteiger partial charge on any atom is 0.0465 e. The topological polar surface area (TPSA) is 9.23 Å². The van der Waals surface area contributed by atoms with E-state index < -0.39 is 0 Å². The molecule has 0 unspecified atom stereocenters. The van der Waals surface area contributed by atoms with Gasteiger partial charge in [0.25, 0.3) is 0 Å². The highest BCUT2D eigenvalue weighted by molar-refractivity contribution is 4.37. The second kappa shape index (κ2) is 16.5. The monoisotopic (exact) mass is 160 g/mol. The van der Waals surface area contributed by atoms with Crippen molar-refractivity contribution in [3.63, 3.8) is 0 Å². The molecule has 0 rings (SSSR count). The highest BCUT2D eigenvalue weighted by atomic mass is 16.5. The lowest BCUT2D eigenvalue weighted by molar-refractivity contribution is 0.143. The molecule has 0 aliphatic carbocycles. The molecule has 1 nitrogen and oxygen atoms in total. The van der Waals surface area contributed by atoms with E-state index in [-0.39, 0.29) is 0 Å². The molecule has 1 heteroatoms. The van der Waals surface area contributed by atoms with Gasteiger partial charge in [0.15, 0.2) is 0 Å². The van der Waals surface area contributed by atoms with Crippen molar-refractivity contribution in [2.75, 3.05) is 13.2 Å². The molecule has 0 saturated heterocycles. The Kier molecular flexibility index (Phi) is 20.3. The van der Waals surface area contributed by atoms with E-state index in [1.165, 1.54) is 25.7 Å². The molecule has 0 aliphatic heterocycles. The van der Waals surface area contributed by atoms with E-state index in [1.54, 1.807) is 0 Å². The van der Waals surface area contributed by atoms with Crippen LogP contribution in [0.3, 0.4) is 0 Å². The summed E-state index contributed by atoms with van der Waals surface area (Å²) in [6.45, 7) is 10.1. The third kappa shape index (κ3) is 17.8. The molecule has 0 fully saturated rings. The van der Waals surface area contributed by atoms with Gasteiger partial charge in [-0.15, -0.1) is 0 Å². The van der Waals surface area contributed by atoms with Gasteiger partial charge in [0.05, 0.1) is 0 Å². The predicted molar refractivity (Wildman–Crippen MR) is 52.0 cm³/mol. The molecular weight excluding hydrogens is 136 g/mol. The Morgan fingerprint density at radius 1 is 0.909 bits per heavy atom. The van der Waals surface area contributed by atoms with Crippen LogP contribution in [0.25, 0.3) is 0 Å². The molecule has 0 saturated carbocycles. The molecule has 0 aromatic rings. The quantitative estimate of drug-likeness (QED) is 0.539. The van der Waals surface area contributed by atoms with Crippen molar-refractivity contribution in [3.8, 4) is 0 Å². The Balaban J connectivity index is 0. The second-order valence-corrected chi connectivity index (χ2v) is 2.26. The zero-order valence-corrected chi connectivity index (χ0v) is 8.65. The summed E-state index contributed by atoms with van der Waals surface area (Å²) in [4.78, 5) is 0. The third-order valence-electron chi connectivity index (χ3n) is 1.35. The molecule has 0 amide bonds. The van der Waals surface area contributed by atoms with Crippen molar-refractivity contribution in [3.05, 3.63) is 0 Å². The summed E-state index contributed by atoms with van der Waals surface area (Å²) in [6, 6.07) is 0. The third-order valence-corrected chi connectivity index (χ3v) is 1.35. The molecule has 0 radical (unpaired) electrons. The minimum Gasteiger partial charge on any atom is -0.382 e. The SMILES string of the molecule is CC.CCCCCCOCC. The van der Waals surface area contributed by atoms with Crippen LogP contribution in [-0.2, 0) is 4.74 Å². The molecule has 0 atom stereocenters. The van der Waals surface area contributed by atoms with Gasteiger partial charge in [0, 0.05) is 13.2 Å². The van der Waals surface area contributed by atoms with E-state index in [0.717, 1.165) is 13.2 Å². The molecular formula is C10H24O. The lowest BCUT2D eigenvalue weighted by Gasteiger charge is -1.98. The summed E-state index contributed by atoms with van der Waals surface area (Å²) in [7, 11) is 0. The van der Waals surface area contributed by atoms with Gasteiger partial charge in [-0.25, -0.2) is 0 Å². The van der Waals surface area contributed by atoms with E-state index in [2.05, 4.69) is 6.92 Å². The maximum absolute atomic E-state index is 5.18. The van der Waals surface area contributed by atoms with Crippen LogP contribution in [-0.4, -0.2) is 13.2 Å². The zero-order chi connectivity index (χ0) is 8.95. The van der Waals surface area contributed by atoms with Crippen LogP contribution in [0.2, 0.25) is 0 Å². The van der Waals surface area contributed by atoms with Gasteiger partial charge in [-0.2, -0.15) is 0 Å². The van der Waals surface area contributed by atoms with E-state index in [0.29, 0.717) is 0 Å². The van der Waals surface area contributed by atoms with Gasteiger partial charge < -0.3 is 4.74 Å². The molecule has 0 bridgehead atoms. The molecule has 0 aromatic carbocycles. The van der Waals surface area contributed by atoms with Crippen LogP contribution in [0.15, 0.2) is 0 Å². The fraction of sp³-hybridized carbons (Fsp3) is 1.00. The first kappa shape index (κ1) is 13.5. The second-order valence-electron chi connectivity index (χ2n) is 2.26. The lowest BCUT2D eigenvalue weighted by atomic mass is 10.2.